The normalized spacial score (nSPS) is 13.0. The second kappa shape index (κ2) is 29.8. The van der Waals surface area contributed by atoms with E-state index in [1.54, 1.807) is 54.6 Å². The molecule has 0 heterocycles. The molecule has 103 heavy (non-hydrogen) atoms. The van der Waals surface area contributed by atoms with E-state index in [-0.39, 0.29) is 56.2 Å². The Labute approximate surface area is 623 Å². The van der Waals surface area contributed by atoms with E-state index in [2.05, 4.69) is 184 Å². The van der Waals surface area contributed by atoms with Crippen molar-refractivity contribution in [2.75, 3.05) is 0 Å². The lowest BCUT2D eigenvalue weighted by molar-refractivity contribution is 0.465. The quantitative estimate of drug-likeness (QED) is 0.0507. The van der Waals surface area contributed by atoms with E-state index in [0.29, 0.717) is 20.8 Å². The summed E-state index contributed by atoms with van der Waals surface area (Å²) in [6.07, 6.45) is 0. The zero-order valence-electron chi connectivity index (χ0n) is 61.4. The molecule has 0 saturated heterocycles. The minimum absolute atomic E-state index is 0.0457. The fourth-order valence-electron chi connectivity index (χ4n) is 14.1. The molecule has 0 radical (unpaired) electrons. The SMILES string of the molecule is Cc1cc(C(C)(c2ccc(C(C)(C)c3cc(C)c(O)c(C)c3)cc2)c2ccc(O)c(C)c2)ccc1O.Cc1ccc(C(C)(c2ccc(C(C)(C)c3ccc(O)c(Cl)c3)cc2)c2ccc(O)c(Cl)c2)cc1Cl.Cc1ccc(C(C)(c2ccc(O)cc2)c2ccc(C(C)(C)c3ccc(O)cc3)cc2)cc1. The maximum absolute atomic E-state index is 10.3. The van der Waals surface area contributed by atoms with Crippen LogP contribution in [0.3, 0.4) is 0 Å². The number of phenolic OH excluding ortho intramolecular Hbond substituents is 7. The molecule has 0 aliphatic rings. The number of aromatic hydroxyl groups is 7. The number of halogens is 3. The van der Waals surface area contributed by atoms with Crippen LogP contribution in [0.4, 0.5) is 0 Å². The Morgan fingerprint density at radius 3 is 0.786 bits per heavy atom. The Hall–Kier alpha value is -9.89. The number of hydrogen-bond donors (Lipinski definition) is 7. The summed E-state index contributed by atoms with van der Waals surface area (Å²) in [4.78, 5) is 0. The van der Waals surface area contributed by atoms with Gasteiger partial charge >= 0.3 is 0 Å². The molecule has 12 aromatic rings. The molecule has 10 heteroatoms. The van der Waals surface area contributed by atoms with Crippen molar-refractivity contribution in [1.29, 1.82) is 0 Å². The third-order valence-electron chi connectivity index (χ3n) is 21.9. The Morgan fingerprint density at radius 1 is 0.204 bits per heavy atom. The molecule has 0 amide bonds. The van der Waals surface area contributed by atoms with Crippen molar-refractivity contribution < 1.29 is 35.7 Å². The molecule has 0 spiro atoms. The lowest BCUT2D eigenvalue weighted by atomic mass is 9.69. The van der Waals surface area contributed by atoms with Crippen molar-refractivity contribution >= 4 is 34.8 Å². The Kier molecular flexibility index (Phi) is 21.9. The molecule has 12 aromatic carbocycles. The molecular weight excluding hydrogens is 1340 g/mol. The number of hydrogen-bond acceptors (Lipinski definition) is 7. The first-order valence-corrected chi connectivity index (χ1v) is 35.8. The van der Waals surface area contributed by atoms with Crippen molar-refractivity contribution in [3.63, 3.8) is 0 Å². The van der Waals surface area contributed by atoms with Crippen LogP contribution in [-0.4, -0.2) is 35.7 Å². The monoisotopic (exact) mass is 1430 g/mol. The highest BCUT2D eigenvalue weighted by Crippen LogP contribution is 2.47. The molecular formula is C93H93Cl3O7. The van der Waals surface area contributed by atoms with Gasteiger partial charge < -0.3 is 35.7 Å². The molecule has 2 unspecified atom stereocenters. The highest BCUT2D eigenvalue weighted by molar-refractivity contribution is 6.32. The van der Waals surface area contributed by atoms with Crippen LogP contribution in [0.2, 0.25) is 15.1 Å². The lowest BCUT2D eigenvalue weighted by Crippen LogP contribution is -2.26. The van der Waals surface area contributed by atoms with Gasteiger partial charge in [0.05, 0.1) is 10.0 Å². The summed E-state index contributed by atoms with van der Waals surface area (Å²) in [6.45, 7) is 31.4. The van der Waals surface area contributed by atoms with Gasteiger partial charge in [-0.05, 0) is 240 Å². The van der Waals surface area contributed by atoms with Gasteiger partial charge in [0.25, 0.3) is 0 Å². The van der Waals surface area contributed by atoms with Crippen molar-refractivity contribution in [3.8, 4) is 40.2 Å². The fourth-order valence-corrected chi connectivity index (χ4v) is 14.6. The lowest BCUT2D eigenvalue weighted by Gasteiger charge is -2.34. The number of rotatable bonds is 15. The topological polar surface area (TPSA) is 142 Å². The smallest absolute Gasteiger partial charge is 0.134 e. The molecule has 0 saturated carbocycles. The molecule has 0 aliphatic heterocycles. The third kappa shape index (κ3) is 15.3. The average Bonchev–Trinajstić information content (AvgIpc) is 0.759. The van der Waals surface area contributed by atoms with Gasteiger partial charge in [0.2, 0.25) is 0 Å². The predicted molar refractivity (Wildman–Crippen MR) is 425 cm³/mol. The highest BCUT2D eigenvalue weighted by Gasteiger charge is 2.37. The second-order valence-electron chi connectivity index (χ2n) is 29.7. The summed E-state index contributed by atoms with van der Waals surface area (Å²) in [5, 5.41) is 71.3. The van der Waals surface area contributed by atoms with Crippen LogP contribution in [0.15, 0.2) is 249 Å². The van der Waals surface area contributed by atoms with Crippen LogP contribution < -0.4 is 0 Å². The molecule has 2 atom stereocenters. The summed E-state index contributed by atoms with van der Waals surface area (Å²) in [5.74, 6) is 1.58. The van der Waals surface area contributed by atoms with Crippen LogP contribution in [0, 0.1) is 41.5 Å². The molecule has 0 aromatic heterocycles. The maximum atomic E-state index is 10.3. The first-order valence-electron chi connectivity index (χ1n) is 34.7. The highest BCUT2D eigenvalue weighted by atomic mass is 35.5. The molecule has 7 nitrogen and oxygen atoms in total. The largest absolute Gasteiger partial charge is 0.508 e. The molecule has 528 valence electrons. The number of aryl methyl sites for hydroxylation is 6. The number of phenols is 7. The minimum Gasteiger partial charge on any atom is -0.508 e. The van der Waals surface area contributed by atoms with Gasteiger partial charge in [0.1, 0.15) is 40.2 Å². The fraction of sp³-hybridized carbons (Fsp3) is 0.226. The van der Waals surface area contributed by atoms with Crippen LogP contribution >= 0.6 is 34.8 Å². The Balaban J connectivity index is 0.000000166. The van der Waals surface area contributed by atoms with Crippen molar-refractivity contribution in [2.45, 2.75) is 136 Å². The van der Waals surface area contributed by atoms with Crippen LogP contribution in [0.25, 0.3) is 0 Å². The van der Waals surface area contributed by atoms with Crippen molar-refractivity contribution in [1.82, 2.24) is 0 Å². The van der Waals surface area contributed by atoms with Crippen LogP contribution in [0.5, 0.6) is 40.2 Å². The van der Waals surface area contributed by atoms with Gasteiger partial charge in [-0.3, -0.25) is 0 Å². The molecule has 7 N–H and O–H groups in total. The minimum atomic E-state index is -0.570. The molecule has 12 rings (SSSR count). The molecule has 0 bridgehead atoms. The van der Waals surface area contributed by atoms with Gasteiger partial charge in [0, 0.05) is 37.5 Å². The van der Waals surface area contributed by atoms with E-state index in [1.807, 2.05) is 113 Å². The predicted octanol–water partition coefficient (Wildman–Crippen LogP) is 23.9. The van der Waals surface area contributed by atoms with Gasteiger partial charge in [0.15, 0.2) is 0 Å². The summed E-state index contributed by atoms with van der Waals surface area (Å²) in [5.41, 5.74) is 20.1. The van der Waals surface area contributed by atoms with Gasteiger partial charge in [-0.15, -0.1) is 0 Å². The molecule has 0 fully saturated rings. The van der Waals surface area contributed by atoms with E-state index in [9.17, 15) is 35.7 Å². The van der Waals surface area contributed by atoms with Gasteiger partial charge in [-0.1, -0.05) is 264 Å². The Bertz CT molecular complexity index is 4840. The van der Waals surface area contributed by atoms with E-state index < -0.39 is 10.8 Å². The van der Waals surface area contributed by atoms with Gasteiger partial charge in [-0.2, -0.15) is 0 Å². The third-order valence-corrected chi connectivity index (χ3v) is 22.9. The van der Waals surface area contributed by atoms with E-state index in [4.69, 9.17) is 34.8 Å². The summed E-state index contributed by atoms with van der Waals surface area (Å²) < 4.78 is 0. The molecule has 0 aliphatic carbocycles. The summed E-state index contributed by atoms with van der Waals surface area (Å²) >= 11 is 19.0. The first kappa shape index (κ1) is 75.8. The average molecular weight is 1430 g/mol. The number of benzene rings is 12. The van der Waals surface area contributed by atoms with E-state index in [0.717, 1.165) is 89.0 Å². The van der Waals surface area contributed by atoms with Crippen LogP contribution in [0.1, 0.15) is 179 Å². The van der Waals surface area contributed by atoms with E-state index >= 15 is 0 Å². The second-order valence-corrected chi connectivity index (χ2v) is 30.9. The van der Waals surface area contributed by atoms with Crippen molar-refractivity contribution in [3.05, 3.63) is 381 Å². The first-order chi connectivity index (χ1) is 48.5. The van der Waals surface area contributed by atoms with Crippen molar-refractivity contribution in [2.24, 2.45) is 0 Å². The standard InChI is InChI=1S/C33H36O3.C30H27Cl3O2.C30H30O2/c1-20-16-26(12-14-29(20)34)33(7,27-13-15-30(35)21(2)17-27)25-10-8-24(9-11-25)32(5,6)28-18-22(3)31(36)23(4)19-28;1-18-5-6-22(16-24(18)31)30(4,23-12-14-28(35)26(33)17-23)20-9-7-19(8-10-20)29(2,3)21-11-13-27(34)25(32)15-21;1-21-5-7-24(8-6-21)30(4,26-15-19-28(32)20-16-26)25-11-9-22(10-12-25)29(2,3)23-13-17-27(31)18-14-23/h8-19,34-36H,1-7H3;5-17,34-35H,1-4H3;5-20,31-32H,1-4H3. The summed E-state index contributed by atoms with van der Waals surface area (Å²) in [7, 11) is 0. The summed E-state index contributed by atoms with van der Waals surface area (Å²) in [6, 6.07) is 82.1. The zero-order valence-corrected chi connectivity index (χ0v) is 63.7. The van der Waals surface area contributed by atoms with Gasteiger partial charge in [-0.25, -0.2) is 0 Å². The van der Waals surface area contributed by atoms with Crippen LogP contribution in [-0.2, 0) is 32.5 Å². The Morgan fingerprint density at radius 2 is 0.437 bits per heavy atom. The zero-order chi connectivity index (χ0) is 74.9. The van der Waals surface area contributed by atoms with E-state index in [1.165, 1.54) is 27.8 Å². The maximum Gasteiger partial charge on any atom is 0.134 e.